The third kappa shape index (κ3) is 7.62. The summed E-state index contributed by atoms with van der Waals surface area (Å²) in [4.78, 5) is 35.2. The number of carbonyl (C=O) groups is 2. The topological polar surface area (TPSA) is 117 Å². The smallest absolute Gasteiger partial charge is 0.416 e. The van der Waals surface area contributed by atoms with E-state index in [0.717, 1.165) is 38.0 Å². The summed E-state index contributed by atoms with van der Waals surface area (Å²) >= 11 is 14.1. The number of aromatic nitrogens is 2. The van der Waals surface area contributed by atoms with Gasteiger partial charge in [-0.1, -0.05) is 41.4 Å². The number of ether oxygens (including phenoxy) is 4. The van der Waals surface area contributed by atoms with Gasteiger partial charge in [0.25, 0.3) is 0 Å². The molecule has 3 aliphatic heterocycles. The number of anilines is 1. The number of fused-ring (bicyclic) bond motifs is 3. The van der Waals surface area contributed by atoms with Crippen molar-refractivity contribution in [3.05, 3.63) is 104 Å². The summed E-state index contributed by atoms with van der Waals surface area (Å²) < 4.78 is 23.4. The summed E-state index contributed by atoms with van der Waals surface area (Å²) in [6.07, 6.45) is 4.75. The molecule has 2 aromatic heterocycles. The van der Waals surface area contributed by atoms with Crippen LogP contribution < -0.4 is 19.1 Å². The zero-order valence-electron chi connectivity index (χ0n) is 26.3. The van der Waals surface area contributed by atoms with Gasteiger partial charge < -0.3 is 24.2 Å². The number of hydrogen-bond donors (Lipinski definition) is 0. The molecule has 252 valence electrons. The first kappa shape index (κ1) is 33.8. The summed E-state index contributed by atoms with van der Waals surface area (Å²) in [7, 11) is 3.03. The Morgan fingerprint density at radius 2 is 1.77 bits per heavy atom. The van der Waals surface area contributed by atoms with Crippen molar-refractivity contribution in [1.29, 1.82) is 0 Å². The average molecular weight is 714 g/mol. The van der Waals surface area contributed by atoms with E-state index in [9.17, 15) is 14.8 Å². The number of rotatable bonds is 11. The van der Waals surface area contributed by atoms with Crippen LogP contribution >= 0.6 is 34.5 Å². The van der Waals surface area contributed by atoms with Gasteiger partial charge in [-0.25, -0.2) is 19.5 Å². The molecule has 48 heavy (non-hydrogen) atoms. The lowest BCUT2D eigenvalue weighted by atomic mass is 9.86. The van der Waals surface area contributed by atoms with Crippen LogP contribution in [-0.4, -0.2) is 61.9 Å². The number of esters is 1. The Morgan fingerprint density at radius 3 is 2.38 bits per heavy atom. The summed E-state index contributed by atoms with van der Waals surface area (Å²) in [5.41, 5.74) is 2.12. The summed E-state index contributed by atoms with van der Waals surface area (Å²) in [5.74, 6) is 0.730. The molecule has 0 radical (unpaired) electrons. The van der Waals surface area contributed by atoms with E-state index in [-0.39, 0.29) is 29.1 Å². The van der Waals surface area contributed by atoms with Crippen molar-refractivity contribution in [3.63, 3.8) is 0 Å². The lowest BCUT2D eigenvalue weighted by molar-refractivity contribution is -0.605. The van der Waals surface area contributed by atoms with Crippen LogP contribution in [0.25, 0.3) is 0 Å². The number of amides is 1. The van der Waals surface area contributed by atoms with Gasteiger partial charge >= 0.3 is 12.1 Å². The van der Waals surface area contributed by atoms with Crippen molar-refractivity contribution in [2.45, 2.75) is 38.0 Å². The largest absolute Gasteiger partial charge is 0.619 e. The van der Waals surface area contributed by atoms with Gasteiger partial charge in [-0.2, -0.15) is 4.73 Å². The number of pyridine rings is 1. The van der Waals surface area contributed by atoms with Crippen LogP contribution in [0.2, 0.25) is 10.0 Å². The van der Waals surface area contributed by atoms with Crippen LogP contribution in [0.1, 0.15) is 46.0 Å². The Bertz CT molecular complexity index is 1730. The number of carbonyl (C=O) groups excluding carboxylic acids is 2. The van der Waals surface area contributed by atoms with E-state index in [1.807, 2.05) is 5.38 Å². The fourth-order valence-corrected chi connectivity index (χ4v) is 7.34. The molecule has 11 nitrogen and oxygen atoms in total. The summed E-state index contributed by atoms with van der Waals surface area (Å²) in [5, 5.41) is 14.5. The molecule has 0 N–H and O–H groups in total. The van der Waals surface area contributed by atoms with Crippen LogP contribution in [0, 0.1) is 11.1 Å². The fraction of sp³-hybridized carbons (Fsp3) is 0.353. The van der Waals surface area contributed by atoms with Gasteiger partial charge in [0.15, 0.2) is 29.0 Å². The van der Waals surface area contributed by atoms with Crippen molar-refractivity contribution in [2.24, 2.45) is 5.92 Å². The van der Waals surface area contributed by atoms with Crippen LogP contribution in [0.3, 0.4) is 0 Å². The van der Waals surface area contributed by atoms with E-state index in [2.05, 4.69) is 9.88 Å². The highest BCUT2D eigenvalue weighted by atomic mass is 35.5. The minimum Gasteiger partial charge on any atom is -0.619 e. The van der Waals surface area contributed by atoms with Gasteiger partial charge in [0.2, 0.25) is 0 Å². The molecule has 5 heterocycles. The van der Waals surface area contributed by atoms with Gasteiger partial charge in [0.05, 0.1) is 26.3 Å². The summed E-state index contributed by atoms with van der Waals surface area (Å²) in [6.45, 7) is 3.06. The monoisotopic (exact) mass is 712 g/mol. The standard InChI is InChI=1S/C34H34Cl2N4O7S/c1-44-28-8-7-24(15-30(28)45-2)29(16-25-26(35)18-39(43)19-27(25)36)46-32(41)23-5-3-21(4-6-23)17-40(33-37-11-14-48-33)34(42)47-31-20-38-12-9-22(31)10-13-38/h3-8,11,14-15,18-19,22,29,31H,9-10,12-13,16-17,20H2,1-2H3/t29?,31-/m0/s1. The molecule has 0 aliphatic carbocycles. The molecule has 3 aliphatic rings. The van der Waals surface area contributed by atoms with E-state index in [1.165, 1.54) is 42.8 Å². The number of halogens is 2. The van der Waals surface area contributed by atoms with Gasteiger partial charge in [-0.15, -0.1) is 11.3 Å². The van der Waals surface area contributed by atoms with Gasteiger partial charge in [0.1, 0.15) is 22.3 Å². The molecule has 1 amide bonds. The SMILES string of the molecule is COc1ccc(C(Cc2c(Cl)c[n+]([O-])cc2Cl)OC(=O)c2ccc(CN(C(=O)O[C@H]3CN4CCC3CC4)c3nccs3)cc2)cc1OC. The minimum atomic E-state index is -0.851. The first-order valence-electron chi connectivity index (χ1n) is 15.4. The molecule has 0 spiro atoms. The molecule has 1 unspecified atom stereocenters. The molecule has 3 saturated heterocycles. The second kappa shape index (κ2) is 15.0. The quantitative estimate of drug-likeness (QED) is 0.0979. The summed E-state index contributed by atoms with van der Waals surface area (Å²) in [6, 6.07) is 12.0. The maximum Gasteiger partial charge on any atom is 0.416 e. The molecule has 0 saturated carbocycles. The predicted octanol–water partition coefficient (Wildman–Crippen LogP) is 6.48. The van der Waals surface area contributed by atoms with Crippen molar-refractivity contribution in [3.8, 4) is 11.5 Å². The van der Waals surface area contributed by atoms with Crippen LogP contribution in [0.4, 0.5) is 9.93 Å². The second-order valence-electron chi connectivity index (χ2n) is 11.7. The molecular weight excluding hydrogens is 679 g/mol. The Kier molecular flexibility index (Phi) is 10.5. The van der Waals surface area contributed by atoms with Gasteiger partial charge in [-0.05, 0) is 67.2 Å². The van der Waals surface area contributed by atoms with Crippen LogP contribution in [0.15, 0.2) is 66.4 Å². The Hall–Kier alpha value is -4.10. The first-order valence-corrected chi connectivity index (χ1v) is 17.0. The maximum atomic E-state index is 13.5. The van der Waals surface area contributed by atoms with Crippen LogP contribution in [0.5, 0.6) is 11.5 Å². The van der Waals surface area contributed by atoms with E-state index in [0.29, 0.717) is 44.0 Å². The van der Waals surface area contributed by atoms with Crippen molar-refractivity contribution >= 4 is 51.7 Å². The molecule has 2 bridgehead atoms. The molecule has 14 heteroatoms. The first-order chi connectivity index (χ1) is 23.2. The molecule has 4 aromatic rings. The lowest BCUT2D eigenvalue weighted by Gasteiger charge is -2.44. The maximum absolute atomic E-state index is 13.5. The minimum absolute atomic E-state index is 0.0856. The Morgan fingerprint density at radius 1 is 1.06 bits per heavy atom. The normalized spacial score (nSPS) is 19.0. The Balaban J connectivity index is 1.19. The Labute approximate surface area is 292 Å². The van der Waals surface area contributed by atoms with Crippen molar-refractivity contribution < 1.29 is 33.3 Å². The lowest BCUT2D eigenvalue weighted by Crippen LogP contribution is -2.53. The highest BCUT2D eigenvalue weighted by molar-refractivity contribution is 7.13. The van der Waals surface area contributed by atoms with E-state index in [4.69, 9.17) is 42.1 Å². The van der Waals surface area contributed by atoms with E-state index < -0.39 is 18.2 Å². The molecule has 3 fully saturated rings. The third-order valence-electron chi connectivity index (χ3n) is 8.73. The van der Waals surface area contributed by atoms with E-state index in [1.54, 1.807) is 48.7 Å². The van der Waals surface area contributed by atoms with Gasteiger partial charge in [-0.3, -0.25) is 4.90 Å². The molecule has 2 aromatic carbocycles. The number of thiazole rings is 1. The van der Waals surface area contributed by atoms with Crippen LogP contribution in [-0.2, 0) is 22.4 Å². The number of nitrogens with zero attached hydrogens (tertiary/aromatic N) is 4. The zero-order chi connectivity index (χ0) is 33.8. The highest BCUT2D eigenvalue weighted by Gasteiger charge is 2.37. The fourth-order valence-electron chi connectivity index (χ4n) is 6.11. The zero-order valence-corrected chi connectivity index (χ0v) is 28.7. The number of methoxy groups -OCH3 is 2. The molecule has 2 atom stereocenters. The van der Waals surface area contributed by atoms with Crippen molar-refractivity contribution in [1.82, 2.24) is 9.88 Å². The third-order valence-corrected chi connectivity index (χ3v) is 10.2. The second-order valence-corrected chi connectivity index (χ2v) is 13.4. The molecular formula is C34H34Cl2N4O7S. The molecule has 7 rings (SSSR count). The predicted molar refractivity (Wildman–Crippen MR) is 181 cm³/mol. The number of benzene rings is 2. The number of hydrogen-bond acceptors (Lipinski definition) is 10. The average Bonchev–Trinajstić information content (AvgIpc) is 3.63. The highest BCUT2D eigenvalue weighted by Crippen LogP contribution is 2.36. The van der Waals surface area contributed by atoms with Gasteiger partial charge in [0, 0.05) is 30.1 Å². The number of piperidine rings is 3. The van der Waals surface area contributed by atoms with E-state index >= 15 is 0 Å². The van der Waals surface area contributed by atoms with Crippen molar-refractivity contribution in [2.75, 3.05) is 38.8 Å².